The van der Waals surface area contributed by atoms with E-state index in [1.54, 1.807) is 0 Å². The zero-order valence-corrected chi connectivity index (χ0v) is 9.40. The molecule has 0 aliphatic rings. The fraction of sp³-hybridized carbons (Fsp3) is 0.273. The molecule has 0 amide bonds. The van der Waals surface area contributed by atoms with Crippen LogP contribution in [0.25, 0.3) is 0 Å². The van der Waals surface area contributed by atoms with Gasteiger partial charge < -0.3 is 5.32 Å². The quantitative estimate of drug-likeness (QED) is 0.780. The van der Waals surface area contributed by atoms with Gasteiger partial charge in [0.05, 0.1) is 6.54 Å². The van der Waals surface area contributed by atoms with Crippen molar-refractivity contribution in [2.45, 2.75) is 13.8 Å². The summed E-state index contributed by atoms with van der Waals surface area (Å²) in [7, 11) is 0. The van der Waals surface area contributed by atoms with E-state index >= 15 is 0 Å². The van der Waals surface area contributed by atoms with Gasteiger partial charge in [0, 0.05) is 10.2 Å². The number of benzene rings is 1. The number of hydrogen-bond donors (Lipinski definition) is 1. The van der Waals surface area contributed by atoms with Gasteiger partial charge in [-0.15, -0.1) is 5.92 Å². The van der Waals surface area contributed by atoms with Crippen molar-refractivity contribution in [3.05, 3.63) is 28.2 Å². The molecule has 1 aromatic carbocycles. The van der Waals surface area contributed by atoms with Gasteiger partial charge in [0.15, 0.2) is 0 Å². The third-order valence-corrected chi connectivity index (χ3v) is 2.24. The molecule has 0 atom stereocenters. The highest BCUT2D eigenvalue weighted by molar-refractivity contribution is 9.10. The molecule has 1 N–H and O–H groups in total. The summed E-state index contributed by atoms with van der Waals surface area (Å²) in [4.78, 5) is 0. The Balaban J connectivity index is 2.73. The maximum atomic E-state index is 3.43. The van der Waals surface area contributed by atoms with Gasteiger partial charge in [0.2, 0.25) is 0 Å². The number of anilines is 1. The molecule has 1 nitrogen and oxygen atoms in total. The van der Waals surface area contributed by atoms with Crippen molar-refractivity contribution in [3.63, 3.8) is 0 Å². The molecule has 1 aromatic rings. The second kappa shape index (κ2) is 4.94. The molecule has 0 saturated carbocycles. The molecule has 0 unspecified atom stereocenters. The molecular formula is C11H12BrN. The van der Waals surface area contributed by atoms with Gasteiger partial charge in [-0.25, -0.2) is 0 Å². The van der Waals surface area contributed by atoms with Crippen LogP contribution in [0, 0.1) is 18.8 Å². The molecule has 0 bridgehead atoms. The van der Waals surface area contributed by atoms with Gasteiger partial charge in [0.25, 0.3) is 0 Å². The summed E-state index contributed by atoms with van der Waals surface area (Å²) >= 11 is 3.43. The number of rotatable bonds is 2. The van der Waals surface area contributed by atoms with E-state index in [2.05, 4.69) is 52.1 Å². The van der Waals surface area contributed by atoms with Crippen molar-refractivity contribution >= 4 is 21.6 Å². The summed E-state index contributed by atoms with van der Waals surface area (Å²) in [6.45, 7) is 4.62. The minimum absolute atomic E-state index is 0.702. The van der Waals surface area contributed by atoms with Crippen molar-refractivity contribution in [1.29, 1.82) is 0 Å². The van der Waals surface area contributed by atoms with Crippen LogP contribution < -0.4 is 5.32 Å². The van der Waals surface area contributed by atoms with E-state index in [0.29, 0.717) is 6.54 Å². The van der Waals surface area contributed by atoms with E-state index in [9.17, 15) is 0 Å². The third-order valence-electron chi connectivity index (χ3n) is 1.74. The minimum atomic E-state index is 0.702. The maximum Gasteiger partial charge on any atom is 0.0765 e. The standard InChI is InChI=1S/C11H12BrN/c1-3-4-7-13-11-8-10(12)6-5-9(11)2/h5-6,8,13H,7H2,1-2H3. The lowest BCUT2D eigenvalue weighted by molar-refractivity contribution is 1.32. The van der Waals surface area contributed by atoms with Gasteiger partial charge in [-0.1, -0.05) is 27.9 Å². The van der Waals surface area contributed by atoms with Gasteiger partial charge >= 0.3 is 0 Å². The lowest BCUT2D eigenvalue weighted by Gasteiger charge is -2.06. The molecular weight excluding hydrogens is 226 g/mol. The lowest BCUT2D eigenvalue weighted by atomic mass is 10.2. The molecule has 0 spiro atoms. The summed E-state index contributed by atoms with van der Waals surface area (Å²) in [6.07, 6.45) is 0. The van der Waals surface area contributed by atoms with Crippen LogP contribution in [0.2, 0.25) is 0 Å². The topological polar surface area (TPSA) is 12.0 Å². The van der Waals surface area contributed by atoms with Crippen molar-refractivity contribution in [1.82, 2.24) is 0 Å². The van der Waals surface area contributed by atoms with Crippen LogP contribution in [0.15, 0.2) is 22.7 Å². The first-order chi connectivity index (χ1) is 6.24. The monoisotopic (exact) mass is 237 g/mol. The average Bonchev–Trinajstić information content (AvgIpc) is 2.11. The molecule has 0 saturated heterocycles. The Morgan fingerprint density at radius 1 is 1.46 bits per heavy atom. The van der Waals surface area contributed by atoms with E-state index < -0.39 is 0 Å². The molecule has 68 valence electrons. The van der Waals surface area contributed by atoms with E-state index in [0.717, 1.165) is 10.2 Å². The van der Waals surface area contributed by atoms with Crippen LogP contribution in [0.5, 0.6) is 0 Å². The highest BCUT2D eigenvalue weighted by atomic mass is 79.9. The van der Waals surface area contributed by atoms with Gasteiger partial charge in [0.1, 0.15) is 0 Å². The SMILES string of the molecule is CC#CCNc1cc(Br)ccc1C. The predicted molar refractivity (Wildman–Crippen MR) is 60.8 cm³/mol. The van der Waals surface area contributed by atoms with Crippen LogP contribution in [0.3, 0.4) is 0 Å². The maximum absolute atomic E-state index is 3.43. The number of halogens is 1. The smallest absolute Gasteiger partial charge is 0.0765 e. The molecule has 0 fully saturated rings. The molecule has 1 rings (SSSR count). The van der Waals surface area contributed by atoms with Crippen LogP contribution in [0.1, 0.15) is 12.5 Å². The van der Waals surface area contributed by atoms with E-state index in [4.69, 9.17) is 0 Å². The zero-order valence-electron chi connectivity index (χ0n) is 7.82. The highest BCUT2D eigenvalue weighted by Gasteiger charge is 1.96. The zero-order chi connectivity index (χ0) is 9.68. The van der Waals surface area contributed by atoms with Gasteiger partial charge in [-0.3, -0.25) is 0 Å². The molecule has 0 radical (unpaired) electrons. The second-order valence-corrected chi connectivity index (χ2v) is 3.66. The Labute approximate surface area is 87.7 Å². The Kier molecular flexibility index (Phi) is 3.85. The first-order valence-corrected chi connectivity index (χ1v) is 4.93. The second-order valence-electron chi connectivity index (χ2n) is 2.74. The molecule has 0 aliphatic heterocycles. The van der Waals surface area contributed by atoms with Crippen LogP contribution >= 0.6 is 15.9 Å². The fourth-order valence-electron chi connectivity index (χ4n) is 1.01. The third kappa shape index (κ3) is 3.12. The Morgan fingerprint density at radius 2 is 2.23 bits per heavy atom. The Morgan fingerprint density at radius 3 is 2.92 bits per heavy atom. The summed E-state index contributed by atoms with van der Waals surface area (Å²) in [6, 6.07) is 6.17. The van der Waals surface area contributed by atoms with Crippen molar-refractivity contribution in [2.75, 3.05) is 11.9 Å². The van der Waals surface area contributed by atoms with Crippen LogP contribution in [-0.2, 0) is 0 Å². The Hall–Kier alpha value is -0.940. The molecule has 13 heavy (non-hydrogen) atoms. The fourth-order valence-corrected chi connectivity index (χ4v) is 1.37. The Bertz CT molecular complexity index is 347. The minimum Gasteiger partial charge on any atom is -0.374 e. The average molecular weight is 238 g/mol. The normalized spacial score (nSPS) is 8.85. The van der Waals surface area contributed by atoms with Gasteiger partial charge in [-0.05, 0) is 31.5 Å². The van der Waals surface area contributed by atoms with Crippen molar-refractivity contribution in [3.8, 4) is 11.8 Å². The summed E-state index contributed by atoms with van der Waals surface area (Å²) < 4.78 is 1.09. The first kappa shape index (κ1) is 10.1. The summed E-state index contributed by atoms with van der Waals surface area (Å²) in [5.41, 5.74) is 2.37. The van der Waals surface area contributed by atoms with Crippen molar-refractivity contribution < 1.29 is 0 Å². The van der Waals surface area contributed by atoms with E-state index in [1.165, 1.54) is 5.56 Å². The number of nitrogens with one attached hydrogen (secondary N) is 1. The highest BCUT2D eigenvalue weighted by Crippen LogP contribution is 2.19. The number of hydrogen-bond acceptors (Lipinski definition) is 1. The molecule has 0 aromatic heterocycles. The van der Waals surface area contributed by atoms with E-state index in [-0.39, 0.29) is 0 Å². The first-order valence-electron chi connectivity index (χ1n) is 4.13. The van der Waals surface area contributed by atoms with Gasteiger partial charge in [-0.2, -0.15) is 0 Å². The predicted octanol–water partition coefficient (Wildman–Crippen LogP) is 3.19. The van der Waals surface area contributed by atoms with Crippen LogP contribution in [0.4, 0.5) is 5.69 Å². The van der Waals surface area contributed by atoms with Crippen molar-refractivity contribution in [2.24, 2.45) is 0 Å². The summed E-state index contributed by atoms with van der Waals surface area (Å²) in [5, 5.41) is 3.25. The lowest BCUT2D eigenvalue weighted by Crippen LogP contribution is -2.00. The molecule has 0 heterocycles. The van der Waals surface area contributed by atoms with Crippen LogP contribution in [-0.4, -0.2) is 6.54 Å². The van der Waals surface area contributed by atoms with E-state index in [1.807, 2.05) is 13.0 Å². The molecule has 2 heteroatoms. The largest absolute Gasteiger partial charge is 0.374 e. The number of aryl methyl sites for hydroxylation is 1. The summed E-state index contributed by atoms with van der Waals surface area (Å²) in [5.74, 6) is 5.81. The molecule has 0 aliphatic carbocycles.